The second kappa shape index (κ2) is 7.85. The topological polar surface area (TPSA) is 70.2 Å². The second-order valence-electron chi connectivity index (χ2n) is 5.18. The van der Waals surface area contributed by atoms with Gasteiger partial charge in [-0.25, -0.2) is 4.79 Å². The van der Waals surface area contributed by atoms with Crippen LogP contribution in [0.5, 0.6) is 0 Å². The molecule has 1 aromatic rings. The number of urea groups is 1. The molecule has 0 fully saturated rings. The van der Waals surface area contributed by atoms with Gasteiger partial charge in [0.25, 0.3) is 0 Å². The Labute approximate surface area is 132 Å². The zero-order valence-corrected chi connectivity index (χ0v) is 13.1. The summed E-state index contributed by atoms with van der Waals surface area (Å²) >= 11 is 0. The molecule has 2 unspecified atom stereocenters. The SMILES string of the molecule is CCC(C)NC(=O)C(C)NC(=O)Nc1ccccc1C(F)(F)F. The van der Waals surface area contributed by atoms with E-state index in [1.807, 2.05) is 13.8 Å². The predicted octanol–water partition coefficient (Wildman–Crippen LogP) is 3.13. The smallest absolute Gasteiger partial charge is 0.352 e. The molecule has 1 rings (SSSR count). The molecule has 5 nitrogen and oxygen atoms in total. The Morgan fingerprint density at radius 1 is 1.13 bits per heavy atom. The minimum atomic E-state index is -4.58. The molecule has 0 heterocycles. The van der Waals surface area contributed by atoms with E-state index >= 15 is 0 Å². The predicted molar refractivity (Wildman–Crippen MR) is 81.0 cm³/mol. The fraction of sp³-hybridized carbons (Fsp3) is 0.467. The number of para-hydroxylation sites is 1. The highest BCUT2D eigenvalue weighted by atomic mass is 19.4. The number of halogens is 3. The summed E-state index contributed by atoms with van der Waals surface area (Å²) in [5.41, 5.74) is -1.32. The van der Waals surface area contributed by atoms with Crippen LogP contribution < -0.4 is 16.0 Å². The number of anilines is 1. The lowest BCUT2D eigenvalue weighted by Gasteiger charge is -2.18. The molecule has 1 aromatic carbocycles. The maximum Gasteiger partial charge on any atom is 0.418 e. The molecule has 0 radical (unpaired) electrons. The molecule has 0 saturated carbocycles. The maximum atomic E-state index is 12.8. The maximum absolute atomic E-state index is 12.8. The molecular formula is C15H20F3N3O2. The summed E-state index contributed by atoms with van der Waals surface area (Å²) in [7, 11) is 0. The zero-order chi connectivity index (χ0) is 17.6. The summed E-state index contributed by atoms with van der Waals surface area (Å²) in [6.45, 7) is 5.15. The van der Waals surface area contributed by atoms with Crippen LogP contribution in [0.25, 0.3) is 0 Å². The standard InChI is InChI=1S/C15H20F3N3O2/c1-4-9(2)19-13(22)10(3)20-14(23)21-12-8-6-5-7-11(12)15(16,17)18/h5-10H,4H2,1-3H3,(H,19,22)(H2,20,21,23). The first kappa shape index (κ1) is 18.8. The largest absolute Gasteiger partial charge is 0.418 e. The minimum Gasteiger partial charge on any atom is -0.352 e. The molecular weight excluding hydrogens is 311 g/mol. The van der Waals surface area contributed by atoms with Gasteiger partial charge in [-0.3, -0.25) is 4.79 Å². The van der Waals surface area contributed by atoms with Gasteiger partial charge in [0.05, 0.1) is 11.3 Å². The number of amides is 3. The summed E-state index contributed by atoms with van der Waals surface area (Å²) in [6.07, 6.45) is -3.85. The number of benzene rings is 1. The first-order chi connectivity index (χ1) is 10.6. The molecule has 0 aliphatic rings. The average Bonchev–Trinajstić information content (AvgIpc) is 2.46. The molecule has 0 aliphatic heterocycles. The number of carbonyl (C=O) groups is 2. The number of nitrogens with one attached hydrogen (secondary N) is 3. The molecule has 3 amide bonds. The Balaban J connectivity index is 2.69. The Morgan fingerprint density at radius 2 is 1.74 bits per heavy atom. The van der Waals surface area contributed by atoms with E-state index in [-0.39, 0.29) is 11.7 Å². The zero-order valence-electron chi connectivity index (χ0n) is 13.1. The van der Waals surface area contributed by atoms with Crippen LogP contribution in [0.1, 0.15) is 32.8 Å². The lowest BCUT2D eigenvalue weighted by molar-refractivity contribution is -0.137. The van der Waals surface area contributed by atoms with Crippen molar-refractivity contribution in [3.05, 3.63) is 29.8 Å². The van der Waals surface area contributed by atoms with Crippen LogP contribution in [0.2, 0.25) is 0 Å². The van der Waals surface area contributed by atoms with Gasteiger partial charge in [-0.05, 0) is 32.4 Å². The van der Waals surface area contributed by atoms with Crippen molar-refractivity contribution >= 4 is 17.6 Å². The Morgan fingerprint density at radius 3 is 2.30 bits per heavy atom. The summed E-state index contributed by atoms with van der Waals surface area (Å²) in [5, 5.41) is 7.10. The van der Waals surface area contributed by atoms with Crippen molar-refractivity contribution in [3.63, 3.8) is 0 Å². The summed E-state index contributed by atoms with van der Waals surface area (Å²) in [5.74, 6) is -0.404. The van der Waals surface area contributed by atoms with Gasteiger partial charge in [0, 0.05) is 6.04 Å². The van der Waals surface area contributed by atoms with Gasteiger partial charge < -0.3 is 16.0 Å². The van der Waals surface area contributed by atoms with Gasteiger partial charge in [-0.2, -0.15) is 13.2 Å². The Hall–Kier alpha value is -2.25. The minimum absolute atomic E-state index is 0.0548. The van der Waals surface area contributed by atoms with E-state index < -0.39 is 29.7 Å². The normalized spacial score (nSPS) is 13.8. The molecule has 0 saturated heterocycles. The van der Waals surface area contributed by atoms with Gasteiger partial charge >= 0.3 is 12.2 Å². The van der Waals surface area contributed by atoms with Crippen LogP contribution in [0.3, 0.4) is 0 Å². The highest BCUT2D eigenvalue weighted by Crippen LogP contribution is 2.34. The van der Waals surface area contributed by atoms with Gasteiger partial charge in [0.1, 0.15) is 6.04 Å². The summed E-state index contributed by atoms with van der Waals surface area (Å²) in [6, 6.07) is 2.82. The average molecular weight is 331 g/mol. The van der Waals surface area contributed by atoms with Gasteiger partial charge in [0.2, 0.25) is 5.91 Å². The molecule has 2 atom stereocenters. The Kier molecular flexibility index (Phi) is 6.41. The van der Waals surface area contributed by atoms with Crippen molar-refractivity contribution in [1.82, 2.24) is 10.6 Å². The monoisotopic (exact) mass is 331 g/mol. The Bertz CT molecular complexity index is 561. The van der Waals surface area contributed by atoms with Crippen molar-refractivity contribution in [1.29, 1.82) is 0 Å². The number of hydrogen-bond donors (Lipinski definition) is 3. The van der Waals surface area contributed by atoms with Crippen molar-refractivity contribution in [2.24, 2.45) is 0 Å². The van der Waals surface area contributed by atoms with Crippen LogP contribution in [0.15, 0.2) is 24.3 Å². The quantitative estimate of drug-likeness (QED) is 0.776. The van der Waals surface area contributed by atoms with Gasteiger partial charge in [-0.15, -0.1) is 0 Å². The lowest BCUT2D eigenvalue weighted by atomic mass is 10.1. The van der Waals surface area contributed by atoms with Gasteiger partial charge in [0.15, 0.2) is 0 Å². The molecule has 8 heteroatoms. The van der Waals surface area contributed by atoms with Crippen LogP contribution in [-0.4, -0.2) is 24.0 Å². The van der Waals surface area contributed by atoms with E-state index in [0.29, 0.717) is 0 Å². The molecule has 0 bridgehead atoms. The van der Waals surface area contributed by atoms with Crippen molar-refractivity contribution in [2.45, 2.75) is 45.5 Å². The number of alkyl halides is 3. The van der Waals surface area contributed by atoms with E-state index in [9.17, 15) is 22.8 Å². The highest BCUT2D eigenvalue weighted by molar-refractivity contribution is 5.94. The van der Waals surface area contributed by atoms with Crippen LogP contribution in [-0.2, 0) is 11.0 Å². The van der Waals surface area contributed by atoms with Crippen LogP contribution >= 0.6 is 0 Å². The molecule has 23 heavy (non-hydrogen) atoms. The summed E-state index contributed by atoms with van der Waals surface area (Å²) < 4.78 is 38.5. The highest BCUT2D eigenvalue weighted by Gasteiger charge is 2.33. The fourth-order valence-corrected chi connectivity index (χ4v) is 1.73. The number of carbonyl (C=O) groups excluding carboxylic acids is 2. The third-order valence-electron chi connectivity index (χ3n) is 3.22. The first-order valence-corrected chi connectivity index (χ1v) is 7.19. The molecule has 0 aliphatic carbocycles. The van der Waals surface area contributed by atoms with E-state index in [0.717, 1.165) is 18.6 Å². The molecule has 3 N–H and O–H groups in total. The number of rotatable bonds is 5. The van der Waals surface area contributed by atoms with E-state index in [2.05, 4.69) is 16.0 Å². The lowest BCUT2D eigenvalue weighted by Crippen LogP contribution is -2.48. The molecule has 0 aromatic heterocycles. The third kappa shape index (κ3) is 5.80. The second-order valence-corrected chi connectivity index (χ2v) is 5.18. The molecule has 128 valence electrons. The van der Waals surface area contributed by atoms with Crippen molar-refractivity contribution in [2.75, 3.05) is 5.32 Å². The fourth-order valence-electron chi connectivity index (χ4n) is 1.73. The van der Waals surface area contributed by atoms with Crippen molar-refractivity contribution in [3.8, 4) is 0 Å². The number of hydrogen-bond acceptors (Lipinski definition) is 2. The van der Waals surface area contributed by atoms with Gasteiger partial charge in [-0.1, -0.05) is 19.1 Å². The molecule has 0 spiro atoms. The third-order valence-corrected chi connectivity index (χ3v) is 3.22. The van der Waals surface area contributed by atoms with E-state index in [1.165, 1.54) is 19.1 Å². The van der Waals surface area contributed by atoms with Crippen LogP contribution in [0.4, 0.5) is 23.7 Å². The van der Waals surface area contributed by atoms with E-state index in [4.69, 9.17) is 0 Å². The van der Waals surface area contributed by atoms with E-state index in [1.54, 1.807) is 0 Å². The first-order valence-electron chi connectivity index (χ1n) is 7.19. The van der Waals surface area contributed by atoms with Crippen molar-refractivity contribution < 1.29 is 22.8 Å². The van der Waals surface area contributed by atoms with Crippen LogP contribution in [0, 0.1) is 0 Å². The summed E-state index contributed by atoms with van der Waals surface area (Å²) in [4.78, 5) is 23.6.